The molecule has 2 atom stereocenters. The first-order valence-electron chi connectivity index (χ1n) is 5.06. The van der Waals surface area contributed by atoms with Crippen molar-refractivity contribution >= 4 is 18.2 Å². The summed E-state index contributed by atoms with van der Waals surface area (Å²) >= 11 is 0. The summed E-state index contributed by atoms with van der Waals surface area (Å²) in [5.41, 5.74) is 0.0631. The quantitative estimate of drug-likeness (QED) is 0.383. The predicted octanol–water partition coefficient (Wildman–Crippen LogP) is -0.571. The minimum atomic E-state index is -0.896. The zero-order chi connectivity index (χ0) is 12.6. The number of hydrogen-bond donors (Lipinski definition) is 2. The van der Waals surface area contributed by atoms with Crippen LogP contribution in [0.5, 0.6) is 0 Å². The van der Waals surface area contributed by atoms with Crippen LogP contribution in [0.4, 0.5) is 4.79 Å². The molecule has 2 rings (SSSR count). The molecule has 0 bridgehead atoms. The van der Waals surface area contributed by atoms with Gasteiger partial charge in [0, 0.05) is 0 Å². The van der Waals surface area contributed by atoms with E-state index in [-0.39, 0.29) is 5.70 Å². The zero-order valence-electron chi connectivity index (χ0n) is 9.35. The topological polar surface area (TPSA) is 93.7 Å². The van der Waals surface area contributed by atoms with Gasteiger partial charge in [-0.2, -0.15) is 0 Å². The zero-order valence-corrected chi connectivity index (χ0v) is 9.35. The summed E-state index contributed by atoms with van der Waals surface area (Å²) in [5.74, 6) is -1.44. The van der Waals surface area contributed by atoms with Gasteiger partial charge in [-0.1, -0.05) is 0 Å². The first-order chi connectivity index (χ1) is 7.91. The summed E-state index contributed by atoms with van der Waals surface area (Å²) in [6, 6.07) is -0.595. The van der Waals surface area contributed by atoms with Crippen LogP contribution in [0.3, 0.4) is 0 Å². The van der Waals surface area contributed by atoms with Crippen molar-refractivity contribution in [3.05, 3.63) is 11.8 Å². The second kappa shape index (κ2) is 3.94. The summed E-state index contributed by atoms with van der Waals surface area (Å²) in [7, 11) is 0. The van der Waals surface area contributed by atoms with Gasteiger partial charge in [-0.15, -0.1) is 0 Å². The van der Waals surface area contributed by atoms with Gasteiger partial charge >= 0.3 is 6.03 Å². The summed E-state index contributed by atoms with van der Waals surface area (Å²) < 4.78 is 10.7. The van der Waals surface area contributed by atoms with Crippen LogP contribution in [0.15, 0.2) is 11.8 Å². The molecule has 0 aromatic rings. The van der Waals surface area contributed by atoms with E-state index in [1.165, 1.54) is 6.08 Å². The van der Waals surface area contributed by atoms with E-state index in [0.717, 1.165) is 0 Å². The molecule has 0 aromatic carbocycles. The minimum Gasteiger partial charge on any atom is -0.340 e. The molecule has 3 amide bonds. The van der Waals surface area contributed by atoms with Crippen LogP contribution < -0.4 is 10.6 Å². The van der Waals surface area contributed by atoms with Crippen LogP contribution in [-0.4, -0.2) is 36.2 Å². The third kappa shape index (κ3) is 2.34. The number of imide groups is 1. The van der Waals surface area contributed by atoms with Crippen molar-refractivity contribution < 1.29 is 23.9 Å². The molecule has 2 aliphatic heterocycles. The van der Waals surface area contributed by atoms with Gasteiger partial charge in [0.1, 0.15) is 17.9 Å². The minimum absolute atomic E-state index is 0.0631. The summed E-state index contributed by atoms with van der Waals surface area (Å²) in [4.78, 5) is 33.0. The first-order valence-corrected chi connectivity index (χ1v) is 5.06. The molecule has 92 valence electrons. The van der Waals surface area contributed by atoms with Gasteiger partial charge in [0.05, 0.1) is 0 Å². The highest BCUT2D eigenvalue weighted by atomic mass is 16.8. The predicted molar refractivity (Wildman–Crippen MR) is 54.6 cm³/mol. The van der Waals surface area contributed by atoms with Crippen molar-refractivity contribution in [3.63, 3.8) is 0 Å². The van der Waals surface area contributed by atoms with Crippen LogP contribution in [0.25, 0.3) is 0 Å². The van der Waals surface area contributed by atoms with Gasteiger partial charge in [-0.05, 0) is 19.9 Å². The number of ether oxygens (including phenoxy) is 2. The Morgan fingerprint density at radius 2 is 1.82 bits per heavy atom. The lowest BCUT2D eigenvalue weighted by atomic mass is 10.2. The molecule has 7 nitrogen and oxygen atoms in total. The second-order valence-electron chi connectivity index (χ2n) is 4.19. The van der Waals surface area contributed by atoms with Crippen LogP contribution >= 0.6 is 0 Å². The Kier molecular flexibility index (Phi) is 2.72. The van der Waals surface area contributed by atoms with Crippen LogP contribution in [0, 0.1) is 0 Å². The Hall–Kier alpha value is -1.73. The number of urea groups is 1. The van der Waals surface area contributed by atoms with E-state index in [2.05, 4.69) is 10.6 Å². The average Bonchev–Trinajstić information content (AvgIpc) is 2.67. The lowest BCUT2D eigenvalue weighted by molar-refractivity contribution is -0.148. The third-order valence-corrected chi connectivity index (χ3v) is 2.35. The Morgan fingerprint density at radius 3 is 2.35 bits per heavy atom. The fourth-order valence-electron chi connectivity index (χ4n) is 1.71. The van der Waals surface area contributed by atoms with E-state index in [1.807, 2.05) is 0 Å². The van der Waals surface area contributed by atoms with Crippen molar-refractivity contribution in [1.29, 1.82) is 0 Å². The molecule has 0 spiro atoms. The fraction of sp³-hybridized carbons (Fsp3) is 0.500. The van der Waals surface area contributed by atoms with E-state index in [0.29, 0.717) is 6.29 Å². The smallest absolute Gasteiger partial charge is 0.326 e. The van der Waals surface area contributed by atoms with E-state index in [4.69, 9.17) is 9.47 Å². The number of nitrogens with one attached hydrogen (secondary N) is 2. The van der Waals surface area contributed by atoms with E-state index >= 15 is 0 Å². The largest absolute Gasteiger partial charge is 0.340 e. The van der Waals surface area contributed by atoms with Crippen molar-refractivity contribution in [1.82, 2.24) is 10.6 Å². The lowest BCUT2D eigenvalue weighted by Crippen LogP contribution is -2.24. The summed E-state index contributed by atoms with van der Waals surface area (Å²) in [6.07, 6.45) is 0.489. The van der Waals surface area contributed by atoms with Gasteiger partial charge in [0.15, 0.2) is 12.1 Å². The average molecular weight is 240 g/mol. The summed E-state index contributed by atoms with van der Waals surface area (Å²) in [6.45, 7) is 3.32. The van der Waals surface area contributed by atoms with Gasteiger partial charge in [-0.25, -0.2) is 4.79 Å². The maximum absolute atomic E-state index is 11.3. The molecular weight excluding hydrogens is 228 g/mol. The maximum atomic E-state index is 11.3. The van der Waals surface area contributed by atoms with Crippen LogP contribution in [0.1, 0.15) is 13.8 Å². The highest BCUT2D eigenvalue weighted by molar-refractivity contribution is 6.11. The molecule has 2 aliphatic rings. The highest BCUT2D eigenvalue weighted by Crippen LogP contribution is 2.28. The van der Waals surface area contributed by atoms with Crippen molar-refractivity contribution in [2.75, 3.05) is 0 Å². The molecule has 2 saturated heterocycles. The number of aldehydes is 1. The van der Waals surface area contributed by atoms with Crippen molar-refractivity contribution in [2.24, 2.45) is 0 Å². The Bertz CT molecular complexity index is 415. The van der Waals surface area contributed by atoms with Crippen LogP contribution in [0.2, 0.25) is 0 Å². The standard InChI is InChI=1S/C10H12N2O5/c1-10(2)16-6(7(4-13)17-10)3-5-8(14)12-9(15)11-5/h3-4,6-7H,1-2H3,(H2,11,12,14,15)/b5-3-/t6-,7+/m0/s1. The van der Waals surface area contributed by atoms with E-state index in [1.54, 1.807) is 13.8 Å². The third-order valence-electron chi connectivity index (χ3n) is 2.35. The Labute approximate surface area is 97.1 Å². The van der Waals surface area contributed by atoms with Gasteiger partial charge in [-0.3, -0.25) is 10.1 Å². The SMILES string of the molecule is CC1(C)O[C@@H](/C=C2\NC(=O)NC2=O)[C@@H](C=O)O1. The van der Waals surface area contributed by atoms with Gasteiger partial charge in [0.2, 0.25) is 0 Å². The molecule has 0 saturated carbocycles. The first kappa shape index (κ1) is 11.7. The van der Waals surface area contributed by atoms with Crippen LogP contribution in [-0.2, 0) is 19.1 Å². The number of carbonyl (C=O) groups excluding carboxylic acids is 3. The molecule has 0 aliphatic carbocycles. The molecule has 0 radical (unpaired) electrons. The number of rotatable bonds is 2. The molecule has 2 N–H and O–H groups in total. The molecule has 0 aromatic heterocycles. The number of hydrogen-bond acceptors (Lipinski definition) is 5. The Morgan fingerprint density at radius 1 is 1.18 bits per heavy atom. The van der Waals surface area contributed by atoms with E-state index in [9.17, 15) is 14.4 Å². The molecule has 17 heavy (non-hydrogen) atoms. The van der Waals surface area contributed by atoms with Gasteiger partial charge in [0.25, 0.3) is 5.91 Å². The van der Waals surface area contributed by atoms with Crippen molar-refractivity contribution in [3.8, 4) is 0 Å². The molecular formula is C10H12N2O5. The summed E-state index contributed by atoms with van der Waals surface area (Å²) in [5, 5.41) is 4.36. The highest BCUT2D eigenvalue weighted by Gasteiger charge is 2.41. The maximum Gasteiger partial charge on any atom is 0.326 e. The molecule has 0 unspecified atom stereocenters. The normalized spacial score (nSPS) is 33.6. The monoisotopic (exact) mass is 240 g/mol. The second-order valence-corrected chi connectivity index (χ2v) is 4.19. The number of amides is 3. The fourth-order valence-corrected chi connectivity index (χ4v) is 1.71. The lowest BCUT2D eigenvalue weighted by Gasteiger charge is -2.15. The van der Waals surface area contributed by atoms with Gasteiger partial charge < -0.3 is 19.6 Å². The molecule has 2 heterocycles. The Balaban J connectivity index is 2.18. The molecule has 2 fully saturated rings. The molecule has 7 heteroatoms. The van der Waals surface area contributed by atoms with Crippen molar-refractivity contribution in [2.45, 2.75) is 31.8 Å². The number of carbonyl (C=O) groups is 3. The van der Waals surface area contributed by atoms with E-state index < -0.39 is 29.9 Å².